The van der Waals surface area contributed by atoms with E-state index in [-0.39, 0.29) is 18.5 Å². The normalized spacial score (nSPS) is 27.5. The van der Waals surface area contributed by atoms with Crippen molar-refractivity contribution < 1.29 is 26.7 Å². The number of rotatable bonds is 6. The summed E-state index contributed by atoms with van der Waals surface area (Å²) in [4.78, 5) is 0. The molecule has 0 aromatic rings. The molecule has 1 aliphatic rings. The van der Waals surface area contributed by atoms with E-state index >= 15 is 0 Å². The molecule has 1 saturated carbocycles. The van der Waals surface area contributed by atoms with Gasteiger partial charge in [0.15, 0.2) is 5.60 Å². The van der Waals surface area contributed by atoms with E-state index in [1.54, 1.807) is 0 Å². The van der Waals surface area contributed by atoms with Gasteiger partial charge in [0.05, 0.1) is 6.26 Å². The molecule has 3 atom stereocenters. The van der Waals surface area contributed by atoms with Crippen molar-refractivity contribution in [2.24, 2.45) is 5.92 Å². The van der Waals surface area contributed by atoms with Gasteiger partial charge in [-0.1, -0.05) is 6.42 Å². The van der Waals surface area contributed by atoms with Gasteiger partial charge in [0.25, 0.3) is 0 Å². The summed E-state index contributed by atoms with van der Waals surface area (Å²) in [5.74, 6) is -0.0613. The molecule has 1 fully saturated rings. The number of hydrogen-bond acceptors (Lipinski definition) is 4. The summed E-state index contributed by atoms with van der Waals surface area (Å²) < 4.78 is 62.0. The molecule has 20 heavy (non-hydrogen) atoms. The lowest BCUT2D eigenvalue weighted by Crippen LogP contribution is -2.53. The van der Waals surface area contributed by atoms with Gasteiger partial charge in [0, 0.05) is 19.1 Å². The zero-order chi connectivity index (χ0) is 15.6. The van der Waals surface area contributed by atoms with Crippen molar-refractivity contribution in [3.63, 3.8) is 0 Å². The summed E-state index contributed by atoms with van der Waals surface area (Å²) in [6.07, 6.45) is -1.42. The van der Waals surface area contributed by atoms with E-state index in [1.165, 1.54) is 0 Å². The van der Waals surface area contributed by atoms with E-state index in [1.807, 2.05) is 0 Å². The van der Waals surface area contributed by atoms with Crippen molar-refractivity contribution in [1.82, 2.24) is 10.0 Å². The molecule has 5 nitrogen and oxygen atoms in total. The Bertz CT molecular complexity index is 423. The zero-order valence-corrected chi connectivity index (χ0v) is 12.3. The van der Waals surface area contributed by atoms with Crippen LogP contribution in [0, 0.1) is 5.92 Å². The smallest absolute Gasteiger partial charge is 0.380 e. The van der Waals surface area contributed by atoms with Crippen LogP contribution in [0.3, 0.4) is 0 Å². The van der Waals surface area contributed by atoms with Crippen molar-refractivity contribution in [2.75, 3.05) is 19.3 Å². The molecule has 1 aliphatic carbocycles. The Morgan fingerprint density at radius 2 is 1.90 bits per heavy atom. The van der Waals surface area contributed by atoms with Gasteiger partial charge in [-0.2, -0.15) is 13.2 Å². The molecular weight excluding hydrogens is 297 g/mol. The van der Waals surface area contributed by atoms with E-state index in [0.29, 0.717) is 6.42 Å². The van der Waals surface area contributed by atoms with Crippen molar-refractivity contribution in [2.45, 2.75) is 44.0 Å². The molecule has 120 valence electrons. The van der Waals surface area contributed by atoms with Crippen LogP contribution in [-0.4, -0.2) is 50.7 Å². The molecule has 3 N–H and O–H groups in total. The molecule has 0 aliphatic heterocycles. The fraction of sp³-hybridized carbons (Fsp3) is 1.00. The minimum atomic E-state index is -4.70. The maximum atomic E-state index is 12.5. The molecule has 0 radical (unpaired) electrons. The number of hydrogen-bond donors (Lipinski definition) is 3. The SMILES string of the molecule is CC(O)(CNC1CCCC1CNS(C)(=O)=O)C(F)(F)F. The fourth-order valence-corrected chi connectivity index (χ4v) is 2.76. The maximum Gasteiger partial charge on any atom is 0.418 e. The van der Waals surface area contributed by atoms with Crippen LogP contribution in [0.25, 0.3) is 0 Å². The van der Waals surface area contributed by atoms with Crippen LogP contribution in [0.1, 0.15) is 26.2 Å². The molecule has 0 bridgehead atoms. The van der Waals surface area contributed by atoms with Gasteiger partial charge < -0.3 is 10.4 Å². The largest absolute Gasteiger partial charge is 0.418 e. The van der Waals surface area contributed by atoms with Gasteiger partial charge in [0.2, 0.25) is 10.0 Å². The van der Waals surface area contributed by atoms with E-state index < -0.39 is 28.3 Å². The van der Waals surface area contributed by atoms with Crippen molar-refractivity contribution in [1.29, 1.82) is 0 Å². The highest BCUT2D eigenvalue weighted by Gasteiger charge is 2.50. The van der Waals surface area contributed by atoms with Crippen molar-refractivity contribution in [3.8, 4) is 0 Å². The molecule has 1 rings (SSSR count). The van der Waals surface area contributed by atoms with Crippen LogP contribution in [0.15, 0.2) is 0 Å². The molecule has 0 amide bonds. The highest BCUT2D eigenvalue weighted by Crippen LogP contribution is 2.31. The second-order valence-corrected chi connectivity index (χ2v) is 7.40. The average Bonchev–Trinajstić information content (AvgIpc) is 2.68. The number of sulfonamides is 1. The lowest BCUT2D eigenvalue weighted by Gasteiger charge is -2.30. The standard InChI is InChI=1S/C11H21F3N2O3S/c1-10(17,11(12,13)14)7-15-9-5-3-4-8(9)6-16-20(2,18)19/h8-9,15-17H,3-7H2,1-2H3. The third kappa shape index (κ3) is 5.19. The van der Waals surface area contributed by atoms with Gasteiger partial charge in [0.1, 0.15) is 0 Å². The number of nitrogens with one attached hydrogen (secondary N) is 2. The average molecular weight is 318 g/mol. The highest BCUT2D eigenvalue weighted by molar-refractivity contribution is 7.88. The highest BCUT2D eigenvalue weighted by atomic mass is 32.2. The number of alkyl halides is 3. The summed E-state index contributed by atoms with van der Waals surface area (Å²) in [6.45, 7) is 0.319. The third-order valence-corrected chi connectivity index (χ3v) is 4.28. The van der Waals surface area contributed by atoms with Crippen molar-refractivity contribution in [3.05, 3.63) is 0 Å². The Balaban J connectivity index is 2.50. The summed E-state index contributed by atoms with van der Waals surface area (Å²) in [5.41, 5.74) is -2.79. The summed E-state index contributed by atoms with van der Waals surface area (Å²) in [5, 5.41) is 12.1. The first-order valence-corrected chi connectivity index (χ1v) is 8.29. The zero-order valence-electron chi connectivity index (χ0n) is 11.5. The lowest BCUT2D eigenvalue weighted by molar-refractivity contribution is -0.250. The summed E-state index contributed by atoms with van der Waals surface area (Å²) in [7, 11) is -3.31. The topological polar surface area (TPSA) is 78.4 Å². The predicted octanol–water partition coefficient (Wildman–Crippen LogP) is 0.607. The minimum absolute atomic E-state index is 0.0613. The van der Waals surface area contributed by atoms with Gasteiger partial charge >= 0.3 is 6.18 Å². The van der Waals surface area contributed by atoms with Gasteiger partial charge in [-0.15, -0.1) is 0 Å². The Hall–Kier alpha value is -0.380. The van der Waals surface area contributed by atoms with Crippen LogP contribution >= 0.6 is 0 Å². The summed E-state index contributed by atoms with van der Waals surface area (Å²) >= 11 is 0. The van der Waals surface area contributed by atoms with E-state index in [4.69, 9.17) is 0 Å². The second-order valence-electron chi connectivity index (χ2n) is 5.57. The summed E-state index contributed by atoms with van der Waals surface area (Å²) in [6, 6.07) is -0.224. The van der Waals surface area contributed by atoms with Gasteiger partial charge in [-0.25, -0.2) is 13.1 Å². The monoisotopic (exact) mass is 318 g/mol. The van der Waals surface area contributed by atoms with Crippen LogP contribution in [0.5, 0.6) is 0 Å². The number of halogens is 3. The van der Waals surface area contributed by atoms with Gasteiger partial charge in [-0.3, -0.25) is 0 Å². The first-order chi connectivity index (χ1) is 8.92. The second kappa shape index (κ2) is 6.17. The molecule has 0 saturated heterocycles. The molecule has 0 aromatic heterocycles. The third-order valence-electron chi connectivity index (χ3n) is 3.59. The van der Waals surface area contributed by atoms with Crippen LogP contribution < -0.4 is 10.0 Å². The maximum absolute atomic E-state index is 12.5. The number of aliphatic hydroxyl groups is 1. The first kappa shape index (κ1) is 17.7. The van der Waals surface area contributed by atoms with E-state index in [2.05, 4.69) is 10.0 Å². The van der Waals surface area contributed by atoms with E-state index in [0.717, 1.165) is 26.0 Å². The predicted molar refractivity (Wildman–Crippen MR) is 68.7 cm³/mol. The quantitative estimate of drug-likeness (QED) is 0.670. The first-order valence-electron chi connectivity index (χ1n) is 6.39. The van der Waals surface area contributed by atoms with Crippen LogP contribution in [0.4, 0.5) is 13.2 Å². The van der Waals surface area contributed by atoms with Crippen molar-refractivity contribution >= 4 is 10.0 Å². The van der Waals surface area contributed by atoms with Gasteiger partial charge in [-0.05, 0) is 25.7 Å². The Labute approximate surface area is 117 Å². The molecule has 9 heteroatoms. The van der Waals surface area contributed by atoms with Crippen LogP contribution in [-0.2, 0) is 10.0 Å². The molecular formula is C11H21F3N2O3S. The minimum Gasteiger partial charge on any atom is -0.380 e. The lowest BCUT2D eigenvalue weighted by atomic mass is 10.0. The van der Waals surface area contributed by atoms with E-state index in [9.17, 15) is 26.7 Å². The molecule has 0 aromatic carbocycles. The molecule has 3 unspecified atom stereocenters. The Kier molecular flexibility index (Phi) is 5.45. The van der Waals surface area contributed by atoms with Crippen LogP contribution in [0.2, 0.25) is 0 Å². The molecule has 0 spiro atoms. The Morgan fingerprint density at radius 3 is 2.40 bits per heavy atom. The Morgan fingerprint density at radius 1 is 1.30 bits per heavy atom. The molecule has 0 heterocycles. The fourth-order valence-electron chi connectivity index (χ4n) is 2.24.